The zero-order chi connectivity index (χ0) is 19.2. The number of unbranched alkanes of at least 4 members (excludes halogenated alkanes) is 1. The quantitative estimate of drug-likeness (QED) is 0.351. The topological polar surface area (TPSA) is 52.1 Å². The Kier molecular flexibility index (Phi) is 10.9. The zero-order valence-electron chi connectivity index (χ0n) is 17.1. The fourth-order valence-electron chi connectivity index (χ4n) is 3.29. The lowest BCUT2D eigenvalue weighted by molar-refractivity contribution is 0.126. The molecular formula is C21H37N5O. The number of hydrogen-bond donors (Lipinski definition) is 2. The zero-order valence-corrected chi connectivity index (χ0v) is 17.1. The molecule has 1 aromatic rings. The largest absolute Gasteiger partial charge is 0.380 e. The van der Waals surface area contributed by atoms with Gasteiger partial charge in [-0.15, -0.1) is 0 Å². The molecule has 0 atom stereocenters. The number of hydrogen-bond acceptors (Lipinski definition) is 4. The minimum absolute atomic E-state index is 0.716. The summed E-state index contributed by atoms with van der Waals surface area (Å²) in [5.74, 6) is 0.865. The lowest BCUT2D eigenvalue weighted by Crippen LogP contribution is -2.46. The fraction of sp³-hybridized carbons (Fsp3) is 0.667. The van der Waals surface area contributed by atoms with Gasteiger partial charge in [-0.05, 0) is 31.9 Å². The second-order valence-corrected chi connectivity index (χ2v) is 6.93. The summed E-state index contributed by atoms with van der Waals surface area (Å²) in [5, 5.41) is 6.64. The van der Waals surface area contributed by atoms with Crippen molar-refractivity contribution in [3.63, 3.8) is 0 Å². The van der Waals surface area contributed by atoms with Crippen LogP contribution >= 0.6 is 0 Å². The predicted octanol–water partition coefficient (Wildman–Crippen LogP) is 1.79. The lowest BCUT2D eigenvalue weighted by atomic mass is 10.2. The average Bonchev–Trinajstić information content (AvgIpc) is 2.71. The van der Waals surface area contributed by atoms with E-state index in [0.717, 1.165) is 38.6 Å². The van der Waals surface area contributed by atoms with E-state index in [1.54, 1.807) is 0 Å². The van der Waals surface area contributed by atoms with Crippen LogP contribution in [0.2, 0.25) is 0 Å². The van der Waals surface area contributed by atoms with Crippen molar-refractivity contribution in [2.45, 2.75) is 26.3 Å². The molecule has 1 fully saturated rings. The van der Waals surface area contributed by atoms with Crippen molar-refractivity contribution in [2.75, 3.05) is 66.1 Å². The van der Waals surface area contributed by atoms with Crippen molar-refractivity contribution in [3.8, 4) is 0 Å². The summed E-state index contributed by atoms with van der Waals surface area (Å²) in [6.07, 6.45) is 2.39. The monoisotopic (exact) mass is 375 g/mol. The van der Waals surface area contributed by atoms with Crippen LogP contribution in [0.1, 0.15) is 25.3 Å². The van der Waals surface area contributed by atoms with E-state index in [1.165, 1.54) is 44.7 Å². The summed E-state index contributed by atoms with van der Waals surface area (Å²) in [7, 11) is 1.81. The van der Waals surface area contributed by atoms with E-state index >= 15 is 0 Å². The van der Waals surface area contributed by atoms with Crippen LogP contribution in [0.25, 0.3) is 0 Å². The maximum absolute atomic E-state index is 5.33. The molecule has 6 nitrogen and oxygen atoms in total. The maximum Gasteiger partial charge on any atom is 0.191 e. The highest BCUT2D eigenvalue weighted by atomic mass is 16.5. The number of rotatable bonds is 11. The highest BCUT2D eigenvalue weighted by Gasteiger charge is 2.16. The van der Waals surface area contributed by atoms with E-state index in [4.69, 9.17) is 4.74 Å². The number of benzene rings is 1. The van der Waals surface area contributed by atoms with Gasteiger partial charge < -0.3 is 20.3 Å². The van der Waals surface area contributed by atoms with Crippen LogP contribution in [0.3, 0.4) is 0 Å². The Balaban J connectivity index is 1.49. The molecule has 27 heavy (non-hydrogen) atoms. The molecule has 0 amide bonds. The molecular weight excluding hydrogens is 338 g/mol. The van der Waals surface area contributed by atoms with Crippen molar-refractivity contribution < 1.29 is 4.74 Å². The van der Waals surface area contributed by atoms with Gasteiger partial charge in [0.1, 0.15) is 0 Å². The Morgan fingerprint density at radius 1 is 1.00 bits per heavy atom. The molecule has 0 aromatic heterocycles. The second-order valence-electron chi connectivity index (χ2n) is 6.93. The summed E-state index contributed by atoms with van der Waals surface area (Å²) in [4.78, 5) is 9.39. The van der Waals surface area contributed by atoms with Crippen LogP contribution in [0.15, 0.2) is 35.3 Å². The van der Waals surface area contributed by atoms with Gasteiger partial charge >= 0.3 is 0 Å². The normalized spacial score (nSPS) is 16.4. The molecule has 1 aliphatic heterocycles. The van der Waals surface area contributed by atoms with Gasteiger partial charge in [0.25, 0.3) is 0 Å². The molecule has 0 unspecified atom stereocenters. The minimum atomic E-state index is 0.716. The summed E-state index contributed by atoms with van der Waals surface area (Å²) in [6.45, 7) is 12.2. The first-order valence-electron chi connectivity index (χ1n) is 10.3. The second kappa shape index (κ2) is 13.5. The van der Waals surface area contributed by atoms with Crippen molar-refractivity contribution in [2.24, 2.45) is 4.99 Å². The van der Waals surface area contributed by atoms with Crippen LogP contribution in [0.5, 0.6) is 0 Å². The molecule has 0 bridgehead atoms. The molecule has 1 heterocycles. The summed E-state index contributed by atoms with van der Waals surface area (Å²) in [6, 6.07) is 10.8. The van der Waals surface area contributed by atoms with Gasteiger partial charge in [-0.2, -0.15) is 0 Å². The summed E-state index contributed by atoms with van der Waals surface area (Å²) >= 11 is 0. The van der Waals surface area contributed by atoms with Gasteiger partial charge in [-0.25, -0.2) is 0 Å². The van der Waals surface area contributed by atoms with Crippen LogP contribution in [-0.2, 0) is 11.3 Å². The smallest absolute Gasteiger partial charge is 0.191 e. The molecule has 1 aromatic carbocycles. The Morgan fingerprint density at radius 2 is 1.70 bits per heavy atom. The van der Waals surface area contributed by atoms with E-state index in [1.807, 2.05) is 14.0 Å². The van der Waals surface area contributed by atoms with Crippen LogP contribution < -0.4 is 10.6 Å². The fourth-order valence-corrected chi connectivity index (χ4v) is 3.29. The number of ether oxygens (including phenoxy) is 1. The third-order valence-corrected chi connectivity index (χ3v) is 4.87. The van der Waals surface area contributed by atoms with E-state index in [2.05, 4.69) is 55.8 Å². The van der Waals surface area contributed by atoms with Gasteiger partial charge in [0, 0.05) is 59.5 Å². The minimum Gasteiger partial charge on any atom is -0.380 e. The molecule has 0 spiro atoms. The Bertz CT molecular complexity index is 515. The first-order valence-corrected chi connectivity index (χ1v) is 10.3. The number of piperazine rings is 1. The van der Waals surface area contributed by atoms with Gasteiger partial charge in [-0.1, -0.05) is 30.3 Å². The molecule has 1 saturated heterocycles. The Labute approximate surface area is 165 Å². The third kappa shape index (κ3) is 9.22. The average molecular weight is 376 g/mol. The number of aliphatic imine (C=N–C) groups is 1. The van der Waals surface area contributed by atoms with Gasteiger partial charge in [0.15, 0.2) is 5.96 Å². The van der Waals surface area contributed by atoms with E-state index < -0.39 is 0 Å². The van der Waals surface area contributed by atoms with Crippen LogP contribution in [0, 0.1) is 0 Å². The Morgan fingerprint density at radius 3 is 2.41 bits per heavy atom. The Hall–Kier alpha value is -1.63. The number of nitrogens with zero attached hydrogens (tertiary/aromatic N) is 3. The molecule has 0 radical (unpaired) electrons. The van der Waals surface area contributed by atoms with Gasteiger partial charge in [0.05, 0.1) is 6.61 Å². The standard InChI is InChI=1S/C21H37N5O/c1-3-27-18-12-24-21(22-2)23-11-7-8-13-25-14-16-26(17-15-25)19-20-9-5-4-6-10-20/h4-6,9-10H,3,7-8,11-19H2,1-2H3,(H2,22,23,24). The predicted molar refractivity (Wildman–Crippen MR) is 113 cm³/mol. The van der Waals surface area contributed by atoms with Crippen LogP contribution in [-0.4, -0.2) is 81.8 Å². The van der Waals surface area contributed by atoms with Gasteiger partial charge in [-0.3, -0.25) is 9.89 Å². The SMILES string of the molecule is CCOCCNC(=NC)NCCCCN1CCN(Cc2ccccc2)CC1. The molecule has 2 N–H and O–H groups in total. The summed E-state index contributed by atoms with van der Waals surface area (Å²) < 4.78 is 5.33. The van der Waals surface area contributed by atoms with Gasteiger partial charge in [0.2, 0.25) is 0 Å². The molecule has 1 aliphatic rings. The summed E-state index contributed by atoms with van der Waals surface area (Å²) in [5.41, 5.74) is 1.42. The lowest BCUT2D eigenvalue weighted by Gasteiger charge is -2.34. The number of nitrogens with one attached hydrogen (secondary N) is 2. The van der Waals surface area contributed by atoms with Crippen LogP contribution in [0.4, 0.5) is 0 Å². The molecule has 2 rings (SSSR count). The van der Waals surface area contributed by atoms with Crippen molar-refractivity contribution in [3.05, 3.63) is 35.9 Å². The van der Waals surface area contributed by atoms with Crippen molar-refractivity contribution in [1.82, 2.24) is 20.4 Å². The van der Waals surface area contributed by atoms with E-state index in [9.17, 15) is 0 Å². The van der Waals surface area contributed by atoms with E-state index in [-0.39, 0.29) is 0 Å². The highest BCUT2D eigenvalue weighted by Crippen LogP contribution is 2.08. The maximum atomic E-state index is 5.33. The molecule has 0 saturated carbocycles. The first-order chi connectivity index (χ1) is 13.3. The highest BCUT2D eigenvalue weighted by molar-refractivity contribution is 5.79. The molecule has 0 aliphatic carbocycles. The van der Waals surface area contributed by atoms with E-state index in [0.29, 0.717) is 6.61 Å². The van der Waals surface area contributed by atoms with Crippen molar-refractivity contribution >= 4 is 5.96 Å². The number of guanidine groups is 1. The molecule has 152 valence electrons. The molecule has 6 heteroatoms. The first kappa shape index (κ1) is 21.7. The van der Waals surface area contributed by atoms with Crippen molar-refractivity contribution in [1.29, 1.82) is 0 Å². The third-order valence-electron chi connectivity index (χ3n) is 4.87.